The third-order valence-electron chi connectivity index (χ3n) is 1.93. The Bertz CT molecular complexity index is 294. The van der Waals surface area contributed by atoms with Crippen LogP contribution in [0, 0.1) is 0 Å². The second-order valence-corrected chi connectivity index (χ2v) is 3.01. The monoisotopic (exact) mass is 196 g/mol. The molecule has 0 aromatic carbocycles. The van der Waals surface area contributed by atoms with Gasteiger partial charge in [0.15, 0.2) is 0 Å². The van der Waals surface area contributed by atoms with Crippen molar-refractivity contribution in [3.05, 3.63) is 18.0 Å². The second-order valence-electron chi connectivity index (χ2n) is 3.01. The van der Waals surface area contributed by atoms with Crippen LogP contribution in [0.2, 0.25) is 0 Å². The highest BCUT2D eigenvalue weighted by molar-refractivity contribution is 5.69. The standard InChI is InChI=1S/C10H16N2O2/c1-3-12-8-9(7-11-12)5-6-10(13)14-4-2/h7-8H,3-6H2,1-2H3. The maximum absolute atomic E-state index is 11.0. The van der Waals surface area contributed by atoms with Crippen LogP contribution in [-0.4, -0.2) is 22.4 Å². The smallest absolute Gasteiger partial charge is 0.306 e. The molecule has 4 nitrogen and oxygen atoms in total. The van der Waals surface area contributed by atoms with Crippen molar-refractivity contribution < 1.29 is 9.53 Å². The summed E-state index contributed by atoms with van der Waals surface area (Å²) in [5.74, 6) is -0.142. The zero-order valence-electron chi connectivity index (χ0n) is 8.69. The van der Waals surface area contributed by atoms with Crippen molar-refractivity contribution in [2.24, 2.45) is 0 Å². The van der Waals surface area contributed by atoms with Gasteiger partial charge in [-0.05, 0) is 25.8 Å². The largest absolute Gasteiger partial charge is 0.466 e. The highest BCUT2D eigenvalue weighted by Crippen LogP contribution is 2.02. The van der Waals surface area contributed by atoms with Crippen LogP contribution in [-0.2, 0) is 22.5 Å². The number of nitrogens with zero attached hydrogens (tertiary/aromatic N) is 2. The van der Waals surface area contributed by atoms with Gasteiger partial charge in [0.05, 0.1) is 12.8 Å². The molecule has 0 fully saturated rings. The number of ether oxygens (including phenoxy) is 1. The van der Waals surface area contributed by atoms with Gasteiger partial charge in [0.2, 0.25) is 0 Å². The Hall–Kier alpha value is -1.32. The van der Waals surface area contributed by atoms with Crippen LogP contribution in [0.15, 0.2) is 12.4 Å². The third kappa shape index (κ3) is 3.20. The van der Waals surface area contributed by atoms with Crippen LogP contribution in [0.1, 0.15) is 25.8 Å². The lowest BCUT2D eigenvalue weighted by molar-refractivity contribution is -0.143. The maximum Gasteiger partial charge on any atom is 0.306 e. The fraction of sp³-hybridized carbons (Fsp3) is 0.600. The minimum Gasteiger partial charge on any atom is -0.466 e. The maximum atomic E-state index is 11.0. The van der Waals surface area contributed by atoms with Crippen molar-refractivity contribution in [3.8, 4) is 0 Å². The van der Waals surface area contributed by atoms with Gasteiger partial charge in [0.1, 0.15) is 0 Å². The molecular formula is C10H16N2O2. The number of aromatic nitrogens is 2. The lowest BCUT2D eigenvalue weighted by Crippen LogP contribution is -2.04. The summed E-state index contributed by atoms with van der Waals surface area (Å²) < 4.78 is 6.68. The molecule has 0 amide bonds. The quantitative estimate of drug-likeness (QED) is 0.668. The molecule has 0 saturated heterocycles. The predicted octanol–water partition coefficient (Wildman–Crippen LogP) is 1.40. The molecule has 1 rings (SSSR count). The Morgan fingerprint density at radius 2 is 2.36 bits per heavy atom. The topological polar surface area (TPSA) is 44.1 Å². The fourth-order valence-corrected chi connectivity index (χ4v) is 1.19. The van der Waals surface area contributed by atoms with Crippen molar-refractivity contribution in [3.63, 3.8) is 0 Å². The molecule has 0 radical (unpaired) electrons. The first-order valence-electron chi connectivity index (χ1n) is 4.93. The van der Waals surface area contributed by atoms with Gasteiger partial charge >= 0.3 is 5.97 Å². The van der Waals surface area contributed by atoms with Crippen molar-refractivity contribution in [2.75, 3.05) is 6.61 Å². The third-order valence-corrected chi connectivity index (χ3v) is 1.93. The second kappa shape index (κ2) is 5.42. The van der Waals surface area contributed by atoms with E-state index in [1.807, 2.05) is 24.7 Å². The lowest BCUT2D eigenvalue weighted by atomic mass is 10.2. The molecular weight excluding hydrogens is 180 g/mol. The fourth-order valence-electron chi connectivity index (χ4n) is 1.19. The van der Waals surface area contributed by atoms with E-state index in [1.165, 1.54) is 0 Å². The summed E-state index contributed by atoms with van der Waals surface area (Å²) in [4.78, 5) is 11.0. The molecule has 0 saturated carbocycles. The van der Waals surface area contributed by atoms with Crippen LogP contribution >= 0.6 is 0 Å². The Morgan fingerprint density at radius 1 is 1.57 bits per heavy atom. The average molecular weight is 196 g/mol. The molecule has 0 aliphatic carbocycles. The molecule has 1 heterocycles. The molecule has 0 unspecified atom stereocenters. The van der Waals surface area contributed by atoms with Crippen molar-refractivity contribution in [1.82, 2.24) is 9.78 Å². The highest BCUT2D eigenvalue weighted by Gasteiger charge is 2.03. The lowest BCUT2D eigenvalue weighted by Gasteiger charge is -1.99. The van der Waals surface area contributed by atoms with Crippen LogP contribution in [0.3, 0.4) is 0 Å². The molecule has 1 aromatic heterocycles. The van der Waals surface area contributed by atoms with Gasteiger partial charge in [-0.15, -0.1) is 0 Å². The molecule has 0 bridgehead atoms. The van der Waals surface area contributed by atoms with Crippen LogP contribution in [0.4, 0.5) is 0 Å². The Kier molecular flexibility index (Phi) is 4.16. The van der Waals surface area contributed by atoms with E-state index in [-0.39, 0.29) is 5.97 Å². The van der Waals surface area contributed by atoms with E-state index < -0.39 is 0 Å². The minimum absolute atomic E-state index is 0.142. The van der Waals surface area contributed by atoms with Crippen LogP contribution in [0.5, 0.6) is 0 Å². The number of aryl methyl sites for hydroxylation is 2. The van der Waals surface area contributed by atoms with Crippen molar-refractivity contribution in [1.29, 1.82) is 0 Å². The van der Waals surface area contributed by atoms with E-state index in [1.54, 1.807) is 6.20 Å². The van der Waals surface area contributed by atoms with Crippen molar-refractivity contribution >= 4 is 5.97 Å². The first-order chi connectivity index (χ1) is 6.76. The van der Waals surface area contributed by atoms with Crippen molar-refractivity contribution in [2.45, 2.75) is 33.2 Å². The summed E-state index contributed by atoms with van der Waals surface area (Å²) in [6.07, 6.45) is 4.89. The van der Waals surface area contributed by atoms with E-state index in [4.69, 9.17) is 4.74 Å². The zero-order valence-corrected chi connectivity index (χ0v) is 8.69. The molecule has 14 heavy (non-hydrogen) atoms. The van der Waals surface area contributed by atoms with Crippen LogP contribution < -0.4 is 0 Å². The first kappa shape index (κ1) is 10.8. The van der Waals surface area contributed by atoms with Gasteiger partial charge in [0, 0.05) is 19.2 Å². The molecule has 0 spiro atoms. The minimum atomic E-state index is -0.142. The molecule has 0 aliphatic rings. The van der Waals surface area contributed by atoms with Gasteiger partial charge in [-0.25, -0.2) is 0 Å². The summed E-state index contributed by atoms with van der Waals surface area (Å²) in [5.41, 5.74) is 1.08. The van der Waals surface area contributed by atoms with E-state index in [0.717, 1.165) is 12.1 Å². The molecule has 4 heteroatoms. The number of hydrogen-bond acceptors (Lipinski definition) is 3. The number of esters is 1. The summed E-state index contributed by atoms with van der Waals surface area (Å²) >= 11 is 0. The Labute approximate surface area is 83.9 Å². The number of rotatable bonds is 5. The van der Waals surface area contributed by atoms with Gasteiger partial charge in [-0.2, -0.15) is 5.10 Å². The van der Waals surface area contributed by atoms with E-state index >= 15 is 0 Å². The number of carbonyl (C=O) groups excluding carboxylic acids is 1. The van der Waals surface area contributed by atoms with E-state index in [9.17, 15) is 4.79 Å². The first-order valence-corrected chi connectivity index (χ1v) is 4.93. The summed E-state index contributed by atoms with van der Waals surface area (Å²) in [6, 6.07) is 0. The average Bonchev–Trinajstić information content (AvgIpc) is 2.63. The molecule has 0 atom stereocenters. The molecule has 1 aromatic rings. The predicted molar refractivity (Wildman–Crippen MR) is 52.9 cm³/mol. The summed E-state index contributed by atoms with van der Waals surface area (Å²) in [7, 11) is 0. The van der Waals surface area contributed by atoms with Crippen LogP contribution in [0.25, 0.3) is 0 Å². The van der Waals surface area contributed by atoms with Gasteiger partial charge in [-0.3, -0.25) is 9.48 Å². The number of carbonyl (C=O) groups is 1. The van der Waals surface area contributed by atoms with E-state index in [2.05, 4.69) is 5.10 Å². The highest BCUT2D eigenvalue weighted by atomic mass is 16.5. The SMILES string of the molecule is CCOC(=O)CCc1cnn(CC)c1. The number of hydrogen-bond donors (Lipinski definition) is 0. The zero-order chi connectivity index (χ0) is 10.4. The normalized spacial score (nSPS) is 10.1. The van der Waals surface area contributed by atoms with Gasteiger partial charge < -0.3 is 4.74 Å². The molecule has 0 aliphatic heterocycles. The summed E-state index contributed by atoms with van der Waals surface area (Å²) in [6.45, 7) is 5.15. The van der Waals surface area contributed by atoms with E-state index in [0.29, 0.717) is 19.4 Å². The Morgan fingerprint density at radius 3 is 2.93 bits per heavy atom. The molecule has 78 valence electrons. The van der Waals surface area contributed by atoms with Gasteiger partial charge in [-0.1, -0.05) is 0 Å². The molecule has 0 N–H and O–H groups in total. The Balaban J connectivity index is 2.34. The summed E-state index contributed by atoms with van der Waals surface area (Å²) in [5, 5.41) is 4.12. The van der Waals surface area contributed by atoms with Gasteiger partial charge in [0.25, 0.3) is 0 Å².